The van der Waals surface area contributed by atoms with E-state index in [1.807, 2.05) is 36.9 Å². The highest BCUT2D eigenvalue weighted by molar-refractivity contribution is 5.98. The molecule has 7 nitrogen and oxygen atoms in total. The minimum Gasteiger partial charge on any atom is -0.496 e. The van der Waals surface area contributed by atoms with Gasteiger partial charge in [-0.15, -0.1) is 0 Å². The quantitative estimate of drug-likeness (QED) is 0.653. The fourth-order valence-electron chi connectivity index (χ4n) is 3.86. The zero-order valence-corrected chi connectivity index (χ0v) is 18.1. The van der Waals surface area contributed by atoms with Gasteiger partial charge in [-0.3, -0.25) is 9.59 Å². The van der Waals surface area contributed by atoms with Crippen molar-refractivity contribution in [2.24, 2.45) is 0 Å². The second-order valence-corrected chi connectivity index (χ2v) is 7.74. The van der Waals surface area contributed by atoms with Crippen molar-refractivity contribution in [1.29, 1.82) is 0 Å². The molecular weight excluding hydrogens is 392 g/mol. The van der Waals surface area contributed by atoms with Crippen LogP contribution in [0, 0.1) is 13.8 Å². The minimum atomic E-state index is -0.0708. The van der Waals surface area contributed by atoms with E-state index in [1.165, 1.54) is 0 Å². The molecule has 0 radical (unpaired) electrons. The summed E-state index contributed by atoms with van der Waals surface area (Å²) in [5.41, 5.74) is 4.38. The Morgan fingerprint density at radius 2 is 1.48 bits per heavy atom. The molecule has 2 aromatic carbocycles. The standard InChI is InChI=1S/C24H26N4O3/c1-16-17(2)26-21-15-18(9-10-20(21)25-16)23(29)27-11-6-12-28(14-13-27)24(30)19-7-4-5-8-22(19)31-3/h4-5,7-10,15H,6,11-14H2,1-3H3. The summed E-state index contributed by atoms with van der Waals surface area (Å²) in [6, 6.07) is 12.7. The third-order valence-electron chi connectivity index (χ3n) is 5.73. The van der Waals surface area contributed by atoms with Gasteiger partial charge >= 0.3 is 0 Å². The third kappa shape index (κ3) is 4.21. The van der Waals surface area contributed by atoms with Gasteiger partial charge in [-0.25, -0.2) is 9.97 Å². The van der Waals surface area contributed by atoms with Crippen LogP contribution in [0.3, 0.4) is 0 Å². The van der Waals surface area contributed by atoms with Crippen LogP contribution in [0.1, 0.15) is 38.5 Å². The van der Waals surface area contributed by atoms with E-state index in [9.17, 15) is 9.59 Å². The lowest BCUT2D eigenvalue weighted by molar-refractivity contribution is 0.0717. The fraction of sp³-hybridized carbons (Fsp3) is 0.333. The number of rotatable bonds is 3. The van der Waals surface area contributed by atoms with Gasteiger partial charge in [0, 0.05) is 31.7 Å². The lowest BCUT2D eigenvalue weighted by Crippen LogP contribution is -2.37. The monoisotopic (exact) mass is 418 g/mol. The number of amides is 2. The second-order valence-electron chi connectivity index (χ2n) is 7.74. The lowest BCUT2D eigenvalue weighted by Gasteiger charge is -2.23. The van der Waals surface area contributed by atoms with Crippen molar-refractivity contribution in [3.05, 3.63) is 65.0 Å². The highest BCUT2D eigenvalue weighted by atomic mass is 16.5. The maximum atomic E-state index is 13.1. The highest BCUT2D eigenvalue weighted by Crippen LogP contribution is 2.21. The van der Waals surface area contributed by atoms with Gasteiger partial charge in [-0.1, -0.05) is 12.1 Å². The van der Waals surface area contributed by atoms with E-state index in [1.54, 1.807) is 36.3 Å². The average molecular weight is 418 g/mol. The molecular formula is C24H26N4O3. The number of nitrogens with zero attached hydrogens (tertiary/aromatic N) is 4. The van der Waals surface area contributed by atoms with E-state index in [4.69, 9.17) is 4.74 Å². The smallest absolute Gasteiger partial charge is 0.257 e. The van der Waals surface area contributed by atoms with E-state index < -0.39 is 0 Å². The Labute approximate surface area is 181 Å². The van der Waals surface area contributed by atoms with Crippen LogP contribution >= 0.6 is 0 Å². The number of aryl methyl sites for hydroxylation is 2. The van der Waals surface area contributed by atoms with E-state index in [2.05, 4.69) is 9.97 Å². The summed E-state index contributed by atoms with van der Waals surface area (Å²) in [6.45, 7) is 6.01. The molecule has 160 valence electrons. The van der Waals surface area contributed by atoms with E-state index in [0.717, 1.165) is 28.8 Å². The van der Waals surface area contributed by atoms with Crippen LogP contribution in [0.4, 0.5) is 0 Å². The fourth-order valence-corrected chi connectivity index (χ4v) is 3.86. The number of methoxy groups -OCH3 is 1. The van der Waals surface area contributed by atoms with Crippen LogP contribution in [0.5, 0.6) is 5.75 Å². The Hall–Kier alpha value is -3.48. The second kappa shape index (κ2) is 8.71. The number of carbonyl (C=O) groups is 2. The molecule has 1 saturated heterocycles. The third-order valence-corrected chi connectivity index (χ3v) is 5.73. The molecule has 1 aliphatic heterocycles. The molecule has 2 heterocycles. The number of fused-ring (bicyclic) bond motifs is 1. The largest absolute Gasteiger partial charge is 0.496 e. The van der Waals surface area contributed by atoms with E-state index >= 15 is 0 Å². The lowest BCUT2D eigenvalue weighted by atomic mass is 10.1. The molecule has 0 N–H and O–H groups in total. The number of benzene rings is 2. The molecule has 0 aliphatic carbocycles. The van der Waals surface area contributed by atoms with Gasteiger partial charge in [-0.2, -0.15) is 0 Å². The van der Waals surface area contributed by atoms with Gasteiger partial charge in [0.15, 0.2) is 0 Å². The van der Waals surface area contributed by atoms with Crippen molar-refractivity contribution < 1.29 is 14.3 Å². The van der Waals surface area contributed by atoms with Crippen molar-refractivity contribution in [1.82, 2.24) is 19.8 Å². The van der Waals surface area contributed by atoms with Gasteiger partial charge in [0.2, 0.25) is 0 Å². The molecule has 1 aromatic heterocycles. The van der Waals surface area contributed by atoms with Gasteiger partial charge in [-0.05, 0) is 50.6 Å². The predicted molar refractivity (Wildman–Crippen MR) is 118 cm³/mol. The predicted octanol–water partition coefficient (Wildman–Crippen LogP) is 3.24. The molecule has 3 aromatic rings. The first-order chi connectivity index (χ1) is 15.0. The van der Waals surface area contributed by atoms with E-state index in [-0.39, 0.29) is 11.8 Å². The minimum absolute atomic E-state index is 0.0477. The van der Waals surface area contributed by atoms with Crippen molar-refractivity contribution >= 4 is 22.8 Å². The summed E-state index contributed by atoms with van der Waals surface area (Å²) in [5.74, 6) is 0.444. The van der Waals surface area contributed by atoms with Crippen LogP contribution in [0.15, 0.2) is 42.5 Å². The molecule has 1 fully saturated rings. The SMILES string of the molecule is COc1ccccc1C(=O)N1CCCN(C(=O)c2ccc3nc(C)c(C)nc3c2)CC1. The number of hydrogen-bond acceptors (Lipinski definition) is 5. The number of ether oxygens (including phenoxy) is 1. The normalized spacial score (nSPS) is 14.4. The Morgan fingerprint density at radius 3 is 2.19 bits per heavy atom. The molecule has 0 unspecified atom stereocenters. The summed E-state index contributed by atoms with van der Waals surface area (Å²) in [4.78, 5) is 38.9. The van der Waals surface area contributed by atoms with Crippen LogP contribution in [0.25, 0.3) is 11.0 Å². The van der Waals surface area contributed by atoms with Gasteiger partial charge in [0.05, 0.1) is 35.1 Å². The van der Waals surface area contributed by atoms with Crippen LogP contribution < -0.4 is 4.74 Å². The highest BCUT2D eigenvalue weighted by Gasteiger charge is 2.25. The molecule has 2 amide bonds. The first-order valence-electron chi connectivity index (χ1n) is 10.4. The molecule has 31 heavy (non-hydrogen) atoms. The number of carbonyl (C=O) groups excluding carboxylic acids is 2. The van der Waals surface area contributed by atoms with Crippen molar-refractivity contribution in [3.63, 3.8) is 0 Å². The molecule has 0 saturated carbocycles. The van der Waals surface area contributed by atoms with Gasteiger partial charge < -0.3 is 14.5 Å². The topological polar surface area (TPSA) is 75.6 Å². The summed E-state index contributed by atoms with van der Waals surface area (Å²) in [7, 11) is 1.56. The summed E-state index contributed by atoms with van der Waals surface area (Å²) in [5, 5.41) is 0. The van der Waals surface area contributed by atoms with Gasteiger partial charge in [0.1, 0.15) is 5.75 Å². The maximum Gasteiger partial charge on any atom is 0.257 e. The van der Waals surface area contributed by atoms with E-state index in [0.29, 0.717) is 43.1 Å². The van der Waals surface area contributed by atoms with Crippen molar-refractivity contribution in [2.75, 3.05) is 33.3 Å². The summed E-state index contributed by atoms with van der Waals surface area (Å²) in [6.07, 6.45) is 0.721. The molecule has 4 rings (SSSR count). The Morgan fingerprint density at radius 1 is 0.839 bits per heavy atom. The number of aromatic nitrogens is 2. The molecule has 0 spiro atoms. The summed E-state index contributed by atoms with van der Waals surface area (Å²) < 4.78 is 5.33. The van der Waals surface area contributed by atoms with Gasteiger partial charge in [0.25, 0.3) is 11.8 Å². The first-order valence-corrected chi connectivity index (χ1v) is 10.4. The molecule has 0 atom stereocenters. The molecule has 1 aliphatic rings. The zero-order valence-electron chi connectivity index (χ0n) is 18.1. The average Bonchev–Trinajstić information content (AvgIpc) is 3.05. The molecule has 0 bridgehead atoms. The molecule has 7 heteroatoms. The van der Waals surface area contributed by atoms with Crippen LogP contribution in [-0.4, -0.2) is 64.9 Å². The zero-order chi connectivity index (χ0) is 22.0. The van der Waals surface area contributed by atoms with Crippen LogP contribution in [0.2, 0.25) is 0 Å². The first kappa shape index (κ1) is 20.8. The van der Waals surface area contributed by atoms with Crippen molar-refractivity contribution in [2.45, 2.75) is 20.3 Å². The van der Waals surface area contributed by atoms with Crippen LogP contribution in [-0.2, 0) is 0 Å². The maximum absolute atomic E-state index is 13.1. The number of hydrogen-bond donors (Lipinski definition) is 0. The Bertz CT molecular complexity index is 1140. The number of para-hydroxylation sites is 1. The summed E-state index contributed by atoms with van der Waals surface area (Å²) >= 11 is 0. The Balaban J connectivity index is 1.49. The van der Waals surface area contributed by atoms with Crippen molar-refractivity contribution in [3.8, 4) is 5.75 Å². The Kier molecular flexibility index (Phi) is 5.84.